The summed E-state index contributed by atoms with van der Waals surface area (Å²) in [6.07, 6.45) is -0.706. The molecule has 0 aliphatic carbocycles. The molecule has 3 atom stereocenters. The Bertz CT molecular complexity index is 980. The number of carbonyl (C=O) groups is 1. The quantitative estimate of drug-likeness (QED) is 0.175. The number of carbonyl (C=O) groups excluding carboxylic acids is 1. The zero-order valence-electron chi connectivity index (χ0n) is 17.0. The van der Waals surface area contributed by atoms with E-state index in [9.17, 15) is 31.3 Å². The van der Waals surface area contributed by atoms with Crippen molar-refractivity contribution in [2.75, 3.05) is 13.7 Å². The van der Waals surface area contributed by atoms with Gasteiger partial charge in [0, 0.05) is 7.11 Å². The van der Waals surface area contributed by atoms with Crippen molar-refractivity contribution in [3.63, 3.8) is 0 Å². The molecule has 0 radical (unpaired) electrons. The average Bonchev–Trinajstić information content (AvgIpc) is 2.74. The second-order valence-corrected chi connectivity index (χ2v) is 8.06. The highest BCUT2D eigenvalue weighted by Gasteiger charge is 2.38. The van der Waals surface area contributed by atoms with E-state index in [0.29, 0.717) is 0 Å². The minimum Gasteiger partial charge on any atom is -0.459 e. The van der Waals surface area contributed by atoms with Crippen molar-refractivity contribution in [2.24, 2.45) is 0 Å². The number of hydrogen-bond donors (Lipinski definition) is 1. The minimum atomic E-state index is -4.96. The lowest BCUT2D eigenvalue weighted by atomic mass is 10.3. The largest absolute Gasteiger partial charge is 0.513 e. The van der Waals surface area contributed by atoms with Crippen molar-refractivity contribution >= 4 is 13.7 Å². The van der Waals surface area contributed by atoms with Gasteiger partial charge in [0.25, 0.3) is 0 Å². The van der Waals surface area contributed by atoms with E-state index < -0.39 is 60.7 Å². The number of ether oxygens (including phenoxy) is 2. The Labute approximate surface area is 180 Å². The molecule has 32 heavy (non-hydrogen) atoms. The topological polar surface area (TPSA) is 83.1 Å². The highest BCUT2D eigenvalue weighted by molar-refractivity contribution is 7.52. The van der Waals surface area contributed by atoms with Gasteiger partial charge in [-0.25, -0.2) is 17.7 Å². The first-order valence-corrected chi connectivity index (χ1v) is 10.6. The normalized spacial score (nSPS) is 14.9. The monoisotopic (exact) mass is 483 g/mol. The Morgan fingerprint density at radius 1 is 0.938 bits per heavy atom. The van der Waals surface area contributed by atoms with E-state index in [0.717, 1.165) is 6.92 Å². The molecule has 7 nitrogen and oxygen atoms in total. The van der Waals surface area contributed by atoms with Gasteiger partial charge in [-0.2, -0.15) is 13.9 Å². The molecule has 3 unspecified atom stereocenters. The fourth-order valence-corrected chi connectivity index (χ4v) is 3.86. The summed E-state index contributed by atoms with van der Waals surface area (Å²) in [4.78, 5) is 12.2. The smallest absolute Gasteiger partial charge is 0.459 e. The highest BCUT2D eigenvalue weighted by atomic mass is 31.2. The molecular weight excluding hydrogens is 464 g/mol. The zero-order chi connectivity index (χ0) is 24.1. The molecule has 0 aromatic heterocycles. The molecule has 2 aromatic rings. The molecule has 0 amide bonds. The lowest BCUT2D eigenvalue weighted by Gasteiger charge is -2.24. The van der Waals surface area contributed by atoms with Gasteiger partial charge >= 0.3 is 13.7 Å². The predicted molar refractivity (Wildman–Crippen MR) is 102 cm³/mol. The van der Waals surface area contributed by atoms with Crippen LogP contribution in [0.1, 0.15) is 13.8 Å². The van der Waals surface area contributed by atoms with Crippen LogP contribution >= 0.6 is 7.75 Å². The van der Waals surface area contributed by atoms with Crippen molar-refractivity contribution in [3.8, 4) is 11.5 Å². The SMILES string of the molecule is COCC(C)OC(=O)C(C)NP(=O)(Oc1ccccc1)Oc1c(F)c(F)c(F)c(F)c1F. The molecule has 2 aromatic carbocycles. The van der Waals surface area contributed by atoms with Gasteiger partial charge in [-0.3, -0.25) is 4.79 Å². The fourth-order valence-electron chi connectivity index (χ4n) is 2.34. The van der Waals surface area contributed by atoms with Crippen LogP contribution in [-0.2, 0) is 18.8 Å². The van der Waals surface area contributed by atoms with Gasteiger partial charge in [-0.05, 0) is 26.0 Å². The van der Waals surface area contributed by atoms with Gasteiger partial charge in [-0.15, -0.1) is 0 Å². The second-order valence-electron chi connectivity index (χ2n) is 6.45. The summed E-state index contributed by atoms with van der Waals surface area (Å²) in [5, 5.41) is 2.07. The van der Waals surface area contributed by atoms with Gasteiger partial charge in [0.2, 0.25) is 34.8 Å². The van der Waals surface area contributed by atoms with Gasteiger partial charge in [-0.1, -0.05) is 18.2 Å². The third kappa shape index (κ3) is 6.18. The second kappa shape index (κ2) is 10.8. The summed E-state index contributed by atoms with van der Waals surface area (Å²) in [5.74, 6) is -14.8. The van der Waals surface area contributed by atoms with E-state index in [1.54, 1.807) is 6.07 Å². The number of nitrogens with one attached hydrogen (secondary N) is 1. The first-order valence-electron chi connectivity index (χ1n) is 9.02. The van der Waals surface area contributed by atoms with Gasteiger partial charge in [0.1, 0.15) is 17.9 Å². The maximum atomic E-state index is 14.1. The predicted octanol–water partition coefficient (Wildman–Crippen LogP) is 4.50. The van der Waals surface area contributed by atoms with Crippen LogP contribution in [0, 0.1) is 29.1 Å². The molecule has 0 heterocycles. The van der Waals surface area contributed by atoms with E-state index in [2.05, 4.69) is 9.61 Å². The minimum absolute atomic E-state index is 0.0394. The van der Waals surface area contributed by atoms with Crippen molar-refractivity contribution in [2.45, 2.75) is 26.0 Å². The molecule has 0 aliphatic heterocycles. The molecule has 0 aliphatic rings. The molecule has 0 fully saturated rings. The first kappa shape index (κ1) is 25.6. The third-order valence-corrected chi connectivity index (χ3v) is 5.35. The fraction of sp³-hybridized carbons (Fsp3) is 0.316. The Hall–Kier alpha value is -2.69. The van der Waals surface area contributed by atoms with Crippen molar-refractivity contribution in [3.05, 3.63) is 59.4 Å². The van der Waals surface area contributed by atoms with E-state index in [-0.39, 0.29) is 12.4 Å². The Kier molecular flexibility index (Phi) is 8.59. The standard InChI is InChI=1S/C19H19F5NO6P/c1-10(9-28-3)29-19(26)11(2)25-32(27,30-12-7-5-4-6-8-12)31-18-16(23)14(21)13(20)15(22)17(18)24/h4-8,10-11H,9H2,1-3H3,(H,25,27). The average molecular weight is 483 g/mol. The van der Waals surface area contributed by atoms with Crippen molar-refractivity contribution < 1.29 is 49.8 Å². The molecule has 0 bridgehead atoms. The lowest BCUT2D eigenvalue weighted by Crippen LogP contribution is -2.38. The Morgan fingerprint density at radius 3 is 2.00 bits per heavy atom. The Morgan fingerprint density at radius 2 is 1.47 bits per heavy atom. The number of hydrogen-bond acceptors (Lipinski definition) is 6. The molecule has 0 spiro atoms. The van der Waals surface area contributed by atoms with Crippen LogP contribution in [-0.4, -0.2) is 31.8 Å². The van der Waals surface area contributed by atoms with Gasteiger partial charge in [0.15, 0.2) is 0 Å². The van der Waals surface area contributed by atoms with E-state index in [4.69, 9.17) is 14.0 Å². The Balaban J connectivity index is 2.39. The number of benzene rings is 2. The zero-order valence-corrected chi connectivity index (χ0v) is 17.9. The number of halogens is 5. The van der Waals surface area contributed by atoms with Crippen LogP contribution in [0.2, 0.25) is 0 Å². The van der Waals surface area contributed by atoms with Gasteiger partial charge < -0.3 is 18.5 Å². The number of rotatable bonds is 10. The van der Waals surface area contributed by atoms with Crippen LogP contribution in [0.15, 0.2) is 30.3 Å². The molecule has 1 N–H and O–H groups in total. The lowest BCUT2D eigenvalue weighted by molar-refractivity contribution is -0.152. The first-order chi connectivity index (χ1) is 15.0. The van der Waals surface area contributed by atoms with Crippen LogP contribution in [0.3, 0.4) is 0 Å². The van der Waals surface area contributed by atoms with Crippen LogP contribution in [0.5, 0.6) is 11.5 Å². The van der Waals surface area contributed by atoms with Crippen LogP contribution in [0.4, 0.5) is 22.0 Å². The van der Waals surface area contributed by atoms with Crippen molar-refractivity contribution in [1.29, 1.82) is 0 Å². The van der Waals surface area contributed by atoms with E-state index in [1.807, 2.05) is 0 Å². The maximum Gasteiger partial charge on any atom is 0.513 e. The molecule has 176 valence electrons. The number of esters is 1. The summed E-state index contributed by atoms with van der Waals surface area (Å²) in [6.45, 7) is 2.70. The number of para-hydroxylation sites is 1. The van der Waals surface area contributed by atoms with E-state index >= 15 is 0 Å². The van der Waals surface area contributed by atoms with Crippen molar-refractivity contribution in [1.82, 2.24) is 5.09 Å². The highest BCUT2D eigenvalue weighted by Crippen LogP contribution is 2.47. The summed E-state index contributed by atoms with van der Waals surface area (Å²) in [6, 6.07) is 5.56. The van der Waals surface area contributed by atoms with Gasteiger partial charge in [0.05, 0.1) is 6.61 Å². The molecular formula is C19H19F5NO6P. The summed E-state index contributed by atoms with van der Waals surface area (Å²) < 4.78 is 101. The summed E-state index contributed by atoms with van der Waals surface area (Å²) >= 11 is 0. The summed E-state index contributed by atoms with van der Waals surface area (Å²) in [5.41, 5.74) is 0. The maximum absolute atomic E-state index is 14.1. The summed E-state index contributed by atoms with van der Waals surface area (Å²) in [7, 11) is -3.59. The molecule has 13 heteroatoms. The molecule has 0 saturated carbocycles. The molecule has 0 saturated heterocycles. The van der Waals surface area contributed by atoms with Crippen LogP contribution < -0.4 is 14.1 Å². The third-order valence-electron chi connectivity index (χ3n) is 3.77. The molecule has 2 rings (SSSR count). The van der Waals surface area contributed by atoms with Crippen LogP contribution in [0.25, 0.3) is 0 Å². The number of methoxy groups -OCH3 is 1. The van der Waals surface area contributed by atoms with E-state index in [1.165, 1.54) is 38.3 Å².